The molecule has 3 heterocycles. The summed E-state index contributed by atoms with van der Waals surface area (Å²) in [5.74, 6) is 1.83. The van der Waals surface area contributed by atoms with Crippen molar-refractivity contribution in [1.82, 2.24) is 24.2 Å². The average Bonchev–Trinajstić information content (AvgIpc) is 3.21. The molecule has 1 atom stereocenters. The van der Waals surface area contributed by atoms with E-state index in [2.05, 4.69) is 33.8 Å². The summed E-state index contributed by atoms with van der Waals surface area (Å²) in [6.45, 7) is 5.67. The average molecular weight is 330 g/mol. The van der Waals surface area contributed by atoms with Crippen LogP contribution in [0.1, 0.15) is 44.2 Å². The Balaban J connectivity index is 1.67. The monoisotopic (exact) mass is 330 g/mol. The van der Waals surface area contributed by atoms with E-state index in [4.69, 9.17) is 0 Å². The Morgan fingerprint density at radius 1 is 1.38 bits per heavy atom. The van der Waals surface area contributed by atoms with Crippen molar-refractivity contribution in [2.24, 2.45) is 7.05 Å². The summed E-state index contributed by atoms with van der Waals surface area (Å²) < 4.78 is 3.95. The molecule has 7 nitrogen and oxygen atoms in total. The predicted molar refractivity (Wildman–Crippen MR) is 93.1 cm³/mol. The lowest BCUT2D eigenvalue weighted by molar-refractivity contribution is 0.177. The zero-order chi connectivity index (χ0) is 17.1. The normalized spacial score (nSPS) is 18.0. The van der Waals surface area contributed by atoms with E-state index in [-0.39, 0.29) is 6.03 Å². The van der Waals surface area contributed by atoms with Crippen LogP contribution in [0.3, 0.4) is 0 Å². The molecule has 2 amide bonds. The number of hydrogen-bond donors (Lipinski definition) is 1. The highest BCUT2D eigenvalue weighted by atomic mass is 16.2. The fourth-order valence-corrected chi connectivity index (χ4v) is 3.32. The van der Waals surface area contributed by atoms with E-state index in [1.807, 2.05) is 30.4 Å². The first-order valence-electron chi connectivity index (χ1n) is 8.72. The molecule has 0 spiro atoms. The molecule has 0 aromatic carbocycles. The summed E-state index contributed by atoms with van der Waals surface area (Å²) in [4.78, 5) is 18.9. The van der Waals surface area contributed by atoms with Gasteiger partial charge in [-0.1, -0.05) is 13.8 Å². The van der Waals surface area contributed by atoms with Crippen molar-refractivity contribution in [2.75, 3.05) is 18.4 Å². The molecule has 2 aromatic heterocycles. The third kappa shape index (κ3) is 3.29. The number of imidazole rings is 1. The first-order valence-corrected chi connectivity index (χ1v) is 8.72. The maximum atomic E-state index is 12.6. The molecule has 0 saturated carbocycles. The molecule has 7 heteroatoms. The standard InChI is InChI=1S/C17H26N6O/c1-4-13-11-16(21(3)20-13)19-17(24)22-9-6-7-14(12-22)23-10-8-18-15(23)5-2/h8,10-11,14H,4-7,9,12H2,1-3H3,(H,19,24). The Morgan fingerprint density at radius 3 is 2.92 bits per heavy atom. The lowest BCUT2D eigenvalue weighted by Crippen LogP contribution is -2.43. The van der Waals surface area contributed by atoms with Crippen LogP contribution in [0.4, 0.5) is 10.6 Å². The second-order valence-electron chi connectivity index (χ2n) is 6.27. The first-order chi connectivity index (χ1) is 11.6. The summed E-state index contributed by atoms with van der Waals surface area (Å²) >= 11 is 0. The second-order valence-corrected chi connectivity index (χ2v) is 6.27. The number of hydrogen-bond acceptors (Lipinski definition) is 3. The van der Waals surface area contributed by atoms with Gasteiger partial charge in [-0.05, 0) is 19.3 Å². The molecule has 1 aliphatic rings. The molecule has 0 bridgehead atoms. The van der Waals surface area contributed by atoms with Gasteiger partial charge in [-0.2, -0.15) is 5.10 Å². The van der Waals surface area contributed by atoms with E-state index < -0.39 is 0 Å². The van der Waals surface area contributed by atoms with E-state index in [1.165, 1.54) is 0 Å². The summed E-state index contributed by atoms with van der Waals surface area (Å²) in [5.41, 5.74) is 0.982. The van der Waals surface area contributed by atoms with E-state index in [0.717, 1.165) is 49.6 Å². The fraction of sp³-hybridized carbons (Fsp3) is 0.588. The number of carbonyl (C=O) groups is 1. The van der Waals surface area contributed by atoms with Crippen LogP contribution in [-0.4, -0.2) is 43.4 Å². The number of amides is 2. The van der Waals surface area contributed by atoms with Gasteiger partial charge in [0.05, 0.1) is 11.7 Å². The van der Waals surface area contributed by atoms with E-state index in [1.54, 1.807) is 4.68 Å². The van der Waals surface area contributed by atoms with Crippen molar-refractivity contribution in [2.45, 2.75) is 45.6 Å². The maximum Gasteiger partial charge on any atom is 0.323 e. The smallest absolute Gasteiger partial charge is 0.323 e. The lowest BCUT2D eigenvalue weighted by atomic mass is 10.1. The van der Waals surface area contributed by atoms with Crippen LogP contribution in [0.5, 0.6) is 0 Å². The summed E-state index contributed by atoms with van der Waals surface area (Å²) in [7, 11) is 1.85. The van der Waals surface area contributed by atoms with Gasteiger partial charge in [-0.3, -0.25) is 10.00 Å². The van der Waals surface area contributed by atoms with Gasteiger partial charge in [-0.15, -0.1) is 0 Å². The van der Waals surface area contributed by atoms with Gasteiger partial charge in [0.2, 0.25) is 0 Å². The Morgan fingerprint density at radius 2 is 2.21 bits per heavy atom. The molecule has 3 rings (SSSR count). The highest BCUT2D eigenvalue weighted by molar-refractivity contribution is 5.88. The topological polar surface area (TPSA) is 68.0 Å². The summed E-state index contributed by atoms with van der Waals surface area (Å²) in [5, 5.41) is 7.37. The third-order valence-corrected chi connectivity index (χ3v) is 4.67. The minimum atomic E-state index is -0.0523. The van der Waals surface area contributed by atoms with E-state index in [9.17, 15) is 4.79 Å². The second kappa shape index (κ2) is 7.07. The van der Waals surface area contributed by atoms with E-state index >= 15 is 0 Å². The van der Waals surface area contributed by atoms with Gasteiger partial charge < -0.3 is 9.47 Å². The number of nitrogens with zero attached hydrogens (tertiary/aromatic N) is 5. The fourth-order valence-electron chi connectivity index (χ4n) is 3.32. The quantitative estimate of drug-likeness (QED) is 0.937. The molecule has 130 valence electrons. The first kappa shape index (κ1) is 16.5. The van der Waals surface area contributed by atoms with Gasteiger partial charge in [0.1, 0.15) is 11.6 Å². The largest absolute Gasteiger partial charge is 0.330 e. The van der Waals surface area contributed by atoms with Gasteiger partial charge in [0.15, 0.2) is 0 Å². The van der Waals surface area contributed by atoms with E-state index in [0.29, 0.717) is 12.6 Å². The van der Waals surface area contributed by atoms with Crippen LogP contribution in [0.15, 0.2) is 18.5 Å². The van der Waals surface area contributed by atoms with Gasteiger partial charge in [0.25, 0.3) is 0 Å². The Labute approximate surface area is 142 Å². The van der Waals surface area contributed by atoms with Crippen LogP contribution in [-0.2, 0) is 19.9 Å². The number of carbonyl (C=O) groups excluding carboxylic acids is 1. The van der Waals surface area contributed by atoms with Gasteiger partial charge >= 0.3 is 6.03 Å². The number of urea groups is 1. The number of aromatic nitrogens is 4. The predicted octanol–water partition coefficient (Wildman–Crippen LogP) is 2.61. The number of likely N-dealkylation sites (tertiary alicyclic amines) is 1. The van der Waals surface area contributed by atoms with Crippen molar-refractivity contribution in [3.8, 4) is 0 Å². The van der Waals surface area contributed by atoms with Crippen LogP contribution in [0, 0.1) is 0 Å². The lowest BCUT2D eigenvalue weighted by Gasteiger charge is -2.34. The zero-order valence-electron chi connectivity index (χ0n) is 14.7. The number of piperidine rings is 1. The molecular formula is C17H26N6O. The van der Waals surface area contributed by atoms with Crippen LogP contribution in [0.25, 0.3) is 0 Å². The Bertz CT molecular complexity index is 704. The Hall–Kier alpha value is -2.31. The molecule has 1 unspecified atom stereocenters. The van der Waals surface area contributed by atoms with Crippen molar-refractivity contribution in [1.29, 1.82) is 0 Å². The summed E-state index contributed by atoms with van der Waals surface area (Å²) in [6.07, 6.45) is 7.73. The van der Waals surface area contributed by atoms with Gasteiger partial charge in [-0.25, -0.2) is 9.78 Å². The SMILES string of the molecule is CCc1cc(NC(=O)N2CCCC(n3ccnc3CC)C2)n(C)n1. The van der Waals surface area contributed by atoms with Crippen molar-refractivity contribution >= 4 is 11.8 Å². The maximum absolute atomic E-state index is 12.6. The molecule has 0 radical (unpaired) electrons. The third-order valence-electron chi connectivity index (χ3n) is 4.67. The molecule has 24 heavy (non-hydrogen) atoms. The molecule has 0 aliphatic carbocycles. The molecule has 2 aromatic rings. The number of nitrogens with one attached hydrogen (secondary N) is 1. The zero-order valence-corrected chi connectivity index (χ0v) is 14.7. The van der Waals surface area contributed by atoms with Crippen LogP contribution >= 0.6 is 0 Å². The number of aryl methyl sites for hydroxylation is 3. The number of rotatable bonds is 4. The van der Waals surface area contributed by atoms with Crippen LogP contribution < -0.4 is 5.32 Å². The van der Waals surface area contributed by atoms with Crippen LogP contribution in [0.2, 0.25) is 0 Å². The highest BCUT2D eigenvalue weighted by Gasteiger charge is 2.26. The van der Waals surface area contributed by atoms with Gasteiger partial charge in [0, 0.05) is 45.0 Å². The molecule has 1 fully saturated rings. The molecular weight excluding hydrogens is 304 g/mol. The minimum absolute atomic E-state index is 0.0523. The minimum Gasteiger partial charge on any atom is -0.330 e. The van der Waals surface area contributed by atoms with Crippen molar-refractivity contribution in [3.63, 3.8) is 0 Å². The molecule has 1 N–H and O–H groups in total. The van der Waals surface area contributed by atoms with Crippen molar-refractivity contribution in [3.05, 3.63) is 30.0 Å². The summed E-state index contributed by atoms with van der Waals surface area (Å²) in [6, 6.07) is 2.19. The molecule has 1 saturated heterocycles. The Kier molecular flexibility index (Phi) is 4.87. The highest BCUT2D eigenvalue weighted by Crippen LogP contribution is 2.23. The number of anilines is 1. The molecule has 1 aliphatic heterocycles. The van der Waals surface area contributed by atoms with Crippen molar-refractivity contribution < 1.29 is 4.79 Å².